The first kappa shape index (κ1) is 18.6. The minimum Gasteiger partial charge on any atom is -0.478 e. The molecule has 0 saturated heterocycles. The number of ether oxygens (including phenoxy) is 1. The van der Waals surface area contributed by atoms with E-state index in [0.717, 1.165) is 36.0 Å². The van der Waals surface area contributed by atoms with Gasteiger partial charge < -0.3 is 14.9 Å². The SMILES string of the molecule is COc1nccc2c(=O)c(-c3ccc(C4(N)CCC4)cc3)c(-c3ccccc3)oc12. The van der Waals surface area contributed by atoms with Gasteiger partial charge in [0.15, 0.2) is 0 Å². The molecule has 0 spiro atoms. The fraction of sp³-hybridized carbons (Fsp3) is 0.200. The molecule has 150 valence electrons. The lowest BCUT2D eigenvalue weighted by molar-refractivity contribution is 0.253. The molecule has 0 aliphatic heterocycles. The maximum atomic E-state index is 13.6. The second-order valence-electron chi connectivity index (χ2n) is 7.79. The molecule has 2 aromatic carbocycles. The van der Waals surface area contributed by atoms with Crippen LogP contribution in [0, 0.1) is 0 Å². The van der Waals surface area contributed by atoms with Gasteiger partial charge >= 0.3 is 0 Å². The molecule has 0 atom stereocenters. The van der Waals surface area contributed by atoms with Gasteiger partial charge in [-0.2, -0.15) is 0 Å². The first-order chi connectivity index (χ1) is 14.6. The molecule has 5 heteroatoms. The second-order valence-corrected chi connectivity index (χ2v) is 7.79. The van der Waals surface area contributed by atoms with Crippen LogP contribution in [0.25, 0.3) is 33.4 Å². The Kier molecular flexibility index (Phi) is 4.40. The third-order valence-electron chi connectivity index (χ3n) is 6.00. The molecule has 1 aliphatic carbocycles. The summed E-state index contributed by atoms with van der Waals surface area (Å²) in [5.41, 5.74) is 9.70. The van der Waals surface area contributed by atoms with E-state index >= 15 is 0 Å². The Morgan fingerprint density at radius 1 is 1.00 bits per heavy atom. The topological polar surface area (TPSA) is 78.3 Å². The van der Waals surface area contributed by atoms with Crippen LogP contribution in [-0.2, 0) is 5.54 Å². The van der Waals surface area contributed by atoms with Crippen molar-refractivity contribution in [3.05, 3.63) is 82.6 Å². The summed E-state index contributed by atoms with van der Waals surface area (Å²) in [4.78, 5) is 17.8. The lowest BCUT2D eigenvalue weighted by Crippen LogP contribution is -2.43. The van der Waals surface area contributed by atoms with Crippen molar-refractivity contribution in [1.29, 1.82) is 0 Å². The number of aromatic nitrogens is 1. The van der Waals surface area contributed by atoms with E-state index < -0.39 is 0 Å². The van der Waals surface area contributed by atoms with Crippen LogP contribution in [0.1, 0.15) is 24.8 Å². The van der Waals surface area contributed by atoms with Crippen LogP contribution in [0.5, 0.6) is 5.88 Å². The van der Waals surface area contributed by atoms with Gasteiger partial charge in [-0.05, 0) is 36.5 Å². The number of hydrogen-bond donors (Lipinski definition) is 1. The standard InChI is InChI=1S/C25H22N2O3/c1-29-24-23-19(12-15-27-24)21(28)20(22(30-23)17-6-3-2-4-7-17)16-8-10-18(11-9-16)25(26)13-5-14-25/h2-4,6-12,15H,5,13-14,26H2,1H3. The maximum Gasteiger partial charge on any atom is 0.258 e. The average molecular weight is 398 g/mol. The van der Waals surface area contributed by atoms with Gasteiger partial charge in [0.2, 0.25) is 11.0 Å². The van der Waals surface area contributed by atoms with Gasteiger partial charge in [-0.25, -0.2) is 4.98 Å². The second kappa shape index (κ2) is 7.11. The fourth-order valence-electron chi connectivity index (χ4n) is 4.11. The lowest BCUT2D eigenvalue weighted by Gasteiger charge is -2.38. The largest absolute Gasteiger partial charge is 0.478 e. The quantitative estimate of drug-likeness (QED) is 0.531. The van der Waals surface area contributed by atoms with Crippen LogP contribution in [0.15, 0.2) is 76.1 Å². The van der Waals surface area contributed by atoms with Crippen molar-refractivity contribution in [3.63, 3.8) is 0 Å². The van der Waals surface area contributed by atoms with Crippen LogP contribution < -0.4 is 15.9 Å². The molecule has 1 fully saturated rings. The molecular weight excluding hydrogens is 376 g/mol. The van der Waals surface area contributed by atoms with Crippen molar-refractivity contribution < 1.29 is 9.15 Å². The van der Waals surface area contributed by atoms with Gasteiger partial charge in [0.05, 0.1) is 18.1 Å². The molecule has 0 radical (unpaired) electrons. The molecule has 1 aliphatic rings. The zero-order valence-corrected chi connectivity index (χ0v) is 16.7. The van der Waals surface area contributed by atoms with E-state index in [4.69, 9.17) is 14.9 Å². The molecule has 4 aromatic rings. The molecule has 30 heavy (non-hydrogen) atoms. The number of pyridine rings is 1. The Bertz CT molecular complexity index is 1270. The predicted molar refractivity (Wildman–Crippen MR) is 117 cm³/mol. The highest BCUT2D eigenvalue weighted by Gasteiger charge is 2.34. The minimum absolute atomic E-state index is 0.116. The van der Waals surface area contributed by atoms with E-state index in [0.29, 0.717) is 28.2 Å². The van der Waals surface area contributed by atoms with Crippen LogP contribution >= 0.6 is 0 Å². The van der Waals surface area contributed by atoms with Gasteiger partial charge in [0.25, 0.3) is 5.88 Å². The van der Waals surface area contributed by atoms with E-state index in [-0.39, 0.29) is 11.0 Å². The highest BCUT2D eigenvalue weighted by atomic mass is 16.5. The summed E-state index contributed by atoms with van der Waals surface area (Å²) in [6.45, 7) is 0. The number of methoxy groups -OCH3 is 1. The van der Waals surface area contributed by atoms with Crippen molar-refractivity contribution >= 4 is 11.0 Å². The highest BCUT2D eigenvalue weighted by molar-refractivity contribution is 5.90. The number of nitrogens with zero attached hydrogens (tertiary/aromatic N) is 1. The summed E-state index contributed by atoms with van der Waals surface area (Å²) in [7, 11) is 1.51. The molecule has 0 amide bonds. The van der Waals surface area contributed by atoms with Crippen LogP contribution in [-0.4, -0.2) is 12.1 Å². The van der Waals surface area contributed by atoms with Gasteiger partial charge in [0, 0.05) is 17.3 Å². The number of hydrogen-bond acceptors (Lipinski definition) is 5. The monoisotopic (exact) mass is 398 g/mol. The van der Waals surface area contributed by atoms with Crippen LogP contribution in [0.3, 0.4) is 0 Å². The normalized spacial score (nSPS) is 15.0. The van der Waals surface area contributed by atoms with Gasteiger partial charge in [0.1, 0.15) is 5.76 Å². The van der Waals surface area contributed by atoms with E-state index in [2.05, 4.69) is 4.98 Å². The van der Waals surface area contributed by atoms with E-state index in [9.17, 15) is 4.79 Å². The third kappa shape index (κ3) is 2.90. The highest BCUT2D eigenvalue weighted by Crippen LogP contribution is 2.40. The molecule has 1 saturated carbocycles. The van der Waals surface area contributed by atoms with Crippen molar-refractivity contribution in [2.24, 2.45) is 5.73 Å². The summed E-state index contributed by atoms with van der Waals surface area (Å²) < 4.78 is 11.6. The zero-order chi connectivity index (χ0) is 20.7. The maximum absolute atomic E-state index is 13.6. The van der Waals surface area contributed by atoms with Gasteiger partial charge in [-0.1, -0.05) is 54.6 Å². The lowest BCUT2D eigenvalue weighted by atomic mass is 9.72. The first-order valence-corrected chi connectivity index (χ1v) is 10.1. The molecule has 2 heterocycles. The van der Waals surface area contributed by atoms with E-state index in [1.807, 2.05) is 54.6 Å². The van der Waals surface area contributed by atoms with Gasteiger partial charge in [-0.15, -0.1) is 0 Å². The molecule has 5 rings (SSSR count). The first-order valence-electron chi connectivity index (χ1n) is 10.1. The number of nitrogens with two attached hydrogens (primary N) is 1. The average Bonchev–Trinajstić information content (AvgIpc) is 2.78. The molecule has 0 bridgehead atoms. The Hall–Kier alpha value is -3.44. The van der Waals surface area contributed by atoms with E-state index in [1.54, 1.807) is 12.3 Å². The molecule has 2 N–H and O–H groups in total. The number of benzene rings is 2. The number of rotatable bonds is 4. The summed E-state index contributed by atoms with van der Waals surface area (Å²) in [6, 6.07) is 19.3. The Labute approximate surface area is 174 Å². The van der Waals surface area contributed by atoms with Crippen LogP contribution in [0.2, 0.25) is 0 Å². The minimum atomic E-state index is -0.242. The fourth-order valence-corrected chi connectivity index (χ4v) is 4.11. The summed E-state index contributed by atoms with van der Waals surface area (Å²) >= 11 is 0. The molecular formula is C25H22N2O3. The Morgan fingerprint density at radius 2 is 1.73 bits per heavy atom. The predicted octanol–water partition coefficient (Wildman–Crippen LogP) is 4.87. The zero-order valence-electron chi connectivity index (χ0n) is 16.7. The number of fused-ring (bicyclic) bond motifs is 1. The third-order valence-corrected chi connectivity index (χ3v) is 6.00. The molecule has 0 unspecified atom stereocenters. The Morgan fingerprint density at radius 3 is 2.37 bits per heavy atom. The van der Waals surface area contributed by atoms with Crippen molar-refractivity contribution in [3.8, 4) is 28.3 Å². The van der Waals surface area contributed by atoms with Crippen molar-refractivity contribution in [1.82, 2.24) is 4.98 Å². The van der Waals surface area contributed by atoms with Gasteiger partial charge in [-0.3, -0.25) is 4.79 Å². The Balaban J connectivity index is 1.76. The van der Waals surface area contributed by atoms with Crippen LogP contribution in [0.4, 0.5) is 0 Å². The summed E-state index contributed by atoms with van der Waals surface area (Å²) in [5.74, 6) is 0.789. The van der Waals surface area contributed by atoms with E-state index in [1.165, 1.54) is 7.11 Å². The smallest absolute Gasteiger partial charge is 0.258 e. The molecule has 2 aromatic heterocycles. The summed E-state index contributed by atoms with van der Waals surface area (Å²) in [6.07, 6.45) is 4.70. The molecule has 5 nitrogen and oxygen atoms in total. The van der Waals surface area contributed by atoms with Crippen molar-refractivity contribution in [2.45, 2.75) is 24.8 Å². The summed E-state index contributed by atoms with van der Waals surface area (Å²) in [5, 5.41) is 0.440. The van der Waals surface area contributed by atoms with Crippen molar-refractivity contribution in [2.75, 3.05) is 7.11 Å².